The zero-order chi connectivity index (χ0) is 25.4. The molecule has 0 aromatic rings. The van der Waals surface area contributed by atoms with Crippen molar-refractivity contribution in [3.63, 3.8) is 0 Å². The van der Waals surface area contributed by atoms with Crippen molar-refractivity contribution < 1.29 is 24.3 Å². The topological polar surface area (TPSA) is 300 Å². The molecule has 0 aromatic carbocycles. The van der Waals surface area contributed by atoms with Crippen LogP contribution in [0.4, 0.5) is 0 Å². The van der Waals surface area contributed by atoms with Crippen LogP contribution in [0, 0.1) is 10.8 Å². The second-order valence-corrected chi connectivity index (χ2v) is 7.14. The second-order valence-electron chi connectivity index (χ2n) is 7.14. The molecule has 33 heavy (non-hydrogen) atoms. The molecule has 188 valence electrons. The Labute approximate surface area is 190 Å². The number of hydrogen-bond acceptors (Lipinski definition) is 8. The molecule has 16 N–H and O–H groups in total. The summed E-state index contributed by atoms with van der Waals surface area (Å²) < 4.78 is 0. The molecule has 0 unspecified atom stereocenters. The lowest BCUT2D eigenvalue weighted by Gasteiger charge is -2.24. The number of amides is 3. The number of nitrogens with one attached hydrogen (secondary N) is 7. The minimum Gasteiger partial charge on any atom is -0.481 e. The third-order valence-corrected chi connectivity index (χ3v) is 4.43. The smallest absolute Gasteiger partial charge is 0.303 e. The zero-order valence-corrected chi connectivity index (χ0v) is 18.3. The minimum absolute atomic E-state index is 0.136. The first-order valence-corrected chi connectivity index (χ1v) is 10.2. The lowest BCUT2D eigenvalue weighted by molar-refractivity contribution is -0.138. The summed E-state index contributed by atoms with van der Waals surface area (Å²) in [7, 11) is 0. The van der Waals surface area contributed by atoms with Crippen LogP contribution in [0.1, 0.15) is 38.5 Å². The van der Waals surface area contributed by atoms with E-state index in [2.05, 4.69) is 26.7 Å². The van der Waals surface area contributed by atoms with Crippen LogP contribution >= 0.6 is 0 Å². The Morgan fingerprint density at radius 3 is 1.64 bits per heavy atom. The molecular weight excluding hydrogens is 438 g/mol. The number of primary amides is 1. The molecule has 0 radical (unpaired) electrons. The Hall–Kier alpha value is -3.66. The summed E-state index contributed by atoms with van der Waals surface area (Å²) in [6.45, 7) is 0.596. The van der Waals surface area contributed by atoms with Crippen LogP contribution in [-0.4, -0.2) is 71.9 Å². The normalized spacial score (nSPS) is 13.1. The number of hydrogen-bond donors (Lipinski definition) is 12. The standard InChI is InChI=1S/C17H35N11O5/c18-13(31)9(3-1-7-24-16(19)20)26-14(32)10(5-6-12(29)30)27-15(33)11(28-23)4-2-8-25-17(21)22/h9-11,28H,1-8,23H2,(H2,18,31)(H,26,32)(H,27,33)(H,29,30)(H4,19,20,24)(H4,21,22,25)/t9-,10-,11-/m0/s1. The van der Waals surface area contributed by atoms with E-state index in [-0.39, 0.29) is 37.7 Å². The Morgan fingerprint density at radius 2 is 1.21 bits per heavy atom. The van der Waals surface area contributed by atoms with Crippen molar-refractivity contribution >= 4 is 35.6 Å². The highest BCUT2D eigenvalue weighted by Gasteiger charge is 2.28. The Bertz CT molecular complexity index is 703. The van der Waals surface area contributed by atoms with Crippen molar-refractivity contribution in [2.24, 2.45) is 23.0 Å². The monoisotopic (exact) mass is 473 g/mol. The average Bonchev–Trinajstić information content (AvgIpc) is 2.72. The molecule has 16 heteroatoms. The largest absolute Gasteiger partial charge is 0.481 e. The fourth-order valence-electron chi connectivity index (χ4n) is 2.72. The number of carboxylic acids is 1. The van der Waals surface area contributed by atoms with E-state index < -0.39 is 48.2 Å². The van der Waals surface area contributed by atoms with Crippen molar-refractivity contribution in [1.82, 2.24) is 26.7 Å². The van der Waals surface area contributed by atoms with Crippen molar-refractivity contribution in [3.8, 4) is 0 Å². The van der Waals surface area contributed by atoms with E-state index in [4.69, 9.17) is 39.0 Å². The molecule has 0 fully saturated rings. The fourth-order valence-corrected chi connectivity index (χ4v) is 2.72. The number of aliphatic carboxylic acids is 1. The number of hydrazine groups is 1. The summed E-state index contributed by atoms with van der Waals surface area (Å²) >= 11 is 0. The van der Waals surface area contributed by atoms with Crippen LogP contribution in [0.3, 0.4) is 0 Å². The van der Waals surface area contributed by atoms with Gasteiger partial charge in [0.2, 0.25) is 17.7 Å². The van der Waals surface area contributed by atoms with Gasteiger partial charge in [0.05, 0.1) is 6.04 Å². The number of carboxylic acid groups (broad SMARTS) is 1. The maximum absolute atomic E-state index is 12.7. The lowest BCUT2D eigenvalue weighted by atomic mass is 10.1. The number of carbonyl (C=O) groups is 4. The Balaban J connectivity index is 5.06. The second kappa shape index (κ2) is 16.0. The maximum atomic E-state index is 12.7. The SMILES string of the molecule is N=C(N)NCCC[C@H](NC(=O)[C@H](CCC(=O)O)NC(=O)[C@H](CCCNC(=N)N)NN)C(N)=O. The Kier molecular flexibility index (Phi) is 14.3. The van der Waals surface area contributed by atoms with Gasteiger partial charge in [-0.1, -0.05) is 0 Å². The molecule has 0 spiro atoms. The Morgan fingerprint density at radius 1 is 0.758 bits per heavy atom. The zero-order valence-electron chi connectivity index (χ0n) is 18.3. The third kappa shape index (κ3) is 14.1. The predicted molar refractivity (Wildman–Crippen MR) is 119 cm³/mol. The number of rotatable bonds is 17. The van der Waals surface area contributed by atoms with Crippen LogP contribution in [0.15, 0.2) is 0 Å². The first kappa shape index (κ1) is 29.3. The highest BCUT2D eigenvalue weighted by molar-refractivity contribution is 5.93. The summed E-state index contributed by atoms with van der Waals surface area (Å²) in [4.78, 5) is 47.9. The quantitative estimate of drug-likeness (QED) is 0.0315. The third-order valence-electron chi connectivity index (χ3n) is 4.43. The molecule has 0 aromatic heterocycles. The van der Waals surface area contributed by atoms with E-state index in [0.717, 1.165) is 0 Å². The maximum Gasteiger partial charge on any atom is 0.303 e. The van der Waals surface area contributed by atoms with Gasteiger partial charge in [0.25, 0.3) is 0 Å². The minimum atomic E-state index is -1.25. The van der Waals surface area contributed by atoms with Crippen LogP contribution in [0.5, 0.6) is 0 Å². The first-order valence-electron chi connectivity index (χ1n) is 10.2. The van der Waals surface area contributed by atoms with Crippen molar-refractivity contribution in [2.45, 2.75) is 56.7 Å². The van der Waals surface area contributed by atoms with E-state index in [9.17, 15) is 19.2 Å². The average molecular weight is 474 g/mol. The van der Waals surface area contributed by atoms with Gasteiger partial charge >= 0.3 is 5.97 Å². The summed E-state index contributed by atoms with van der Waals surface area (Å²) in [5.74, 6) is 1.55. The van der Waals surface area contributed by atoms with Crippen LogP contribution in [0.2, 0.25) is 0 Å². The van der Waals surface area contributed by atoms with Gasteiger partial charge in [0.15, 0.2) is 11.9 Å². The van der Waals surface area contributed by atoms with Gasteiger partial charge in [0.1, 0.15) is 12.1 Å². The molecule has 0 aliphatic heterocycles. The molecule has 0 saturated heterocycles. The summed E-state index contributed by atoms with van der Waals surface area (Å²) in [5.41, 5.74) is 18.0. The van der Waals surface area contributed by atoms with Crippen molar-refractivity contribution in [1.29, 1.82) is 10.8 Å². The molecule has 0 aliphatic carbocycles. The summed E-state index contributed by atoms with van der Waals surface area (Å²) in [5, 5.41) is 33.1. The predicted octanol–water partition coefficient (Wildman–Crippen LogP) is -4.34. The van der Waals surface area contributed by atoms with Gasteiger partial charge in [-0.15, -0.1) is 0 Å². The molecule has 16 nitrogen and oxygen atoms in total. The van der Waals surface area contributed by atoms with E-state index in [0.29, 0.717) is 19.4 Å². The van der Waals surface area contributed by atoms with Crippen LogP contribution < -0.4 is 49.7 Å². The van der Waals surface area contributed by atoms with E-state index in [1.165, 1.54) is 0 Å². The van der Waals surface area contributed by atoms with Gasteiger partial charge < -0.3 is 43.6 Å². The van der Waals surface area contributed by atoms with Gasteiger partial charge in [-0.05, 0) is 32.1 Å². The molecule has 3 amide bonds. The van der Waals surface area contributed by atoms with Crippen molar-refractivity contribution in [2.75, 3.05) is 13.1 Å². The van der Waals surface area contributed by atoms with E-state index >= 15 is 0 Å². The lowest BCUT2D eigenvalue weighted by Crippen LogP contribution is -2.56. The number of carbonyl (C=O) groups excluding carboxylic acids is 3. The van der Waals surface area contributed by atoms with Gasteiger partial charge in [-0.2, -0.15) is 0 Å². The molecule has 0 heterocycles. The molecule has 0 bridgehead atoms. The molecular formula is C17H35N11O5. The van der Waals surface area contributed by atoms with E-state index in [1.807, 2.05) is 0 Å². The van der Waals surface area contributed by atoms with Gasteiger partial charge in [-0.25, -0.2) is 5.43 Å². The number of guanidine groups is 2. The highest BCUT2D eigenvalue weighted by Crippen LogP contribution is 2.04. The summed E-state index contributed by atoms with van der Waals surface area (Å²) in [6.07, 6.45) is 0.512. The van der Waals surface area contributed by atoms with Crippen LogP contribution in [-0.2, 0) is 19.2 Å². The van der Waals surface area contributed by atoms with Crippen LogP contribution in [0.25, 0.3) is 0 Å². The molecule has 0 saturated carbocycles. The first-order chi connectivity index (χ1) is 15.5. The molecule has 0 aliphatic rings. The summed E-state index contributed by atoms with van der Waals surface area (Å²) in [6, 6.07) is -3.22. The highest BCUT2D eigenvalue weighted by atomic mass is 16.4. The van der Waals surface area contributed by atoms with Gasteiger partial charge in [0, 0.05) is 19.5 Å². The number of nitrogens with two attached hydrogens (primary N) is 4. The van der Waals surface area contributed by atoms with E-state index in [1.54, 1.807) is 0 Å². The fraction of sp³-hybridized carbons (Fsp3) is 0.647. The molecule has 0 rings (SSSR count). The molecule has 3 atom stereocenters. The van der Waals surface area contributed by atoms with Gasteiger partial charge in [-0.3, -0.25) is 35.8 Å². The van der Waals surface area contributed by atoms with Crippen molar-refractivity contribution in [3.05, 3.63) is 0 Å².